The van der Waals surface area contributed by atoms with Gasteiger partial charge in [-0.2, -0.15) is 0 Å². The Morgan fingerprint density at radius 2 is 1.72 bits per heavy atom. The molecule has 3 nitrogen and oxygen atoms in total. The van der Waals surface area contributed by atoms with E-state index >= 15 is 0 Å². The van der Waals surface area contributed by atoms with E-state index in [1.807, 2.05) is 6.07 Å². The number of nitrogen functional groups attached to an aromatic ring is 1. The van der Waals surface area contributed by atoms with Crippen molar-refractivity contribution in [1.29, 1.82) is 0 Å². The molecule has 94 valence electrons. The first-order valence-electron chi connectivity index (χ1n) is 5.42. The van der Waals surface area contributed by atoms with Gasteiger partial charge in [-0.25, -0.2) is 4.98 Å². The number of hydrogen-bond donors (Lipinski definition) is 2. The molecule has 5 heteroatoms. The number of halogens is 2. The Hall–Kier alpha value is -1.07. The highest BCUT2D eigenvalue weighted by atomic mass is 79.9. The number of nitrogens with zero attached hydrogens (tertiary/aromatic N) is 1. The van der Waals surface area contributed by atoms with Crippen LogP contribution in [-0.2, 0) is 0 Å². The summed E-state index contributed by atoms with van der Waals surface area (Å²) in [5.74, 6) is 0.762. The first-order chi connectivity index (χ1) is 8.47. The van der Waals surface area contributed by atoms with Gasteiger partial charge < -0.3 is 11.1 Å². The van der Waals surface area contributed by atoms with Gasteiger partial charge >= 0.3 is 0 Å². The molecule has 0 saturated carbocycles. The quantitative estimate of drug-likeness (QED) is 0.815. The maximum absolute atomic E-state index is 5.67. The highest BCUT2D eigenvalue weighted by Gasteiger charge is 2.08. The Labute approximate surface area is 123 Å². The van der Waals surface area contributed by atoms with Crippen LogP contribution in [0.15, 0.2) is 33.3 Å². The smallest absolute Gasteiger partial charge is 0.144 e. The zero-order chi connectivity index (χ0) is 13.3. The molecule has 0 spiro atoms. The number of nitrogens with two attached hydrogens (primary N) is 1. The molecule has 3 N–H and O–H groups in total. The van der Waals surface area contributed by atoms with Gasteiger partial charge in [0.15, 0.2) is 0 Å². The number of rotatable bonds is 2. The standard InChI is InChI=1S/C13H13Br2N3/c1-7-3-9(14)4-8(2)12(7)18-13-11(15)5-10(16)6-17-13/h3-6H,16H2,1-2H3,(H,17,18). The summed E-state index contributed by atoms with van der Waals surface area (Å²) in [4.78, 5) is 4.28. The lowest BCUT2D eigenvalue weighted by atomic mass is 10.1. The van der Waals surface area contributed by atoms with E-state index in [1.54, 1.807) is 6.20 Å². The summed E-state index contributed by atoms with van der Waals surface area (Å²) in [6, 6.07) is 5.97. The van der Waals surface area contributed by atoms with Crippen LogP contribution in [0.4, 0.5) is 17.2 Å². The molecule has 0 atom stereocenters. The molecule has 18 heavy (non-hydrogen) atoms. The fraction of sp³-hybridized carbons (Fsp3) is 0.154. The fourth-order valence-corrected chi connectivity index (χ4v) is 2.92. The number of nitrogens with one attached hydrogen (secondary N) is 1. The van der Waals surface area contributed by atoms with Crippen molar-refractivity contribution in [3.63, 3.8) is 0 Å². The van der Waals surface area contributed by atoms with Crippen LogP contribution in [-0.4, -0.2) is 4.98 Å². The van der Waals surface area contributed by atoms with Crippen LogP contribution >= 0.6 is 31.9 Å². The van der Waals surface area contributed by atoms with E-state index in [0.717, 1.165) is 31.6 Å². The van der Waals surface area contributed by atoms with Crippen molar-refractivity contribution in [2.45, 2.75) is 13.8 Å². The monoisotopic (exact) mass is 369 g/mol. The summed E-state index contributed by atoms with van der Waals surface area (Å²) in [5, 5.41) is 3.33. The van der Waals surface area contributed by atoms with Gasteiger partial charge in [0, 0.05) is 10.2 Å². The van der Waals surface area contributed by atoms with Crippen molar-refractivity contribution >= 4 is 49.1 Å². The Bertz CT molecular complexity index is 574. The molecule has 0 aliphatic rings. The molecule has 1 aromatic carbocycles. The number of aryl methyl sites for hydroxylation is 2. The average molecular weight is 371 g/mol. The average Bonchev–Trinajstić information content (AvgIpc) is 2.25. The fourth-order valence-electron chi connectivity index (χ4n) is 1.77. The van der Waals surface area contributed by atoms with Gasteiger partial charge in [0.05, 0.1) is 16.4 Å². The maximum atomic E-state index is 5.67. The molecule has 0 saturated heterocycles. The summed E-state index contributed by atoms with van der Waals surface area (Å²) in [6.45, 7) is 4.12. The van der Waals surface area contributed by atoms with Crippen molar-refractivity contribution < 1.29 is 0 Å². The first kappa shape index (κ1) is 13.4. The van der Waals surface area contributed by atoms with E-state index in [4.69, 9.17) is 5.73 Å². The number of anilines is 3. The number of benzene rings is 1. The Morgan fingerprint density at radius 1 is 1.11 bits per heavy atom. The van der Waals surface area contributed by atoms with Crippen LogP contribution < -0.4 is 11.1 Å². The molecule has 0 radical (unpaired) electrons. The van der Waals surface area contributed by atoms with Crippen LogP contribution in [0.2, 0.25) is 0 Å². The van der Waals surface area contributed by atoms with E-state index in [1.165, 1.54) is 0 Å². The van der Waals surface area contributed by atoms with Gasteiger partial charge in [-0.1, -0.05) is 15.9 Å². The van der Waals surface area contributed by atoms with Crippen LogP contribution in [0, 0.1) is 13.8 Å². The highest BCUT2D eigenvalue weighted by molar-refractivity contribution is 9.10. The number of hydrogen-bond acceptors (Lipinski definition) is 3. The topological polar surface area (TPSA) is 50.9 Å². The van der Waals surface area contributed by atoms with Gasteiger partial charge in [-0.3, -0.25) is 0 Å². The Balaban J connectivity index is 2.40. The van der Waals surface area contributed by atoms with Crippen LogP contribution in [0.25, 0.3) is 0 Å². The zero-order valence-corrected chi connectivity index (χ0v) is 13.3. The molecule has 0 unspecified atom stereocenters. The lowest BCUT2D eigenvalue weighted by Gasteiger charge is -2.14. The molecule has 2 aromatic rings. The Kier molecular flexibility index (Phi) is 3.92. The SMILES string of the molecule is Cc1cc(Br)cc(C)c1Nc1ncc(N)cc1Br. The van der Waals surface area contributed by atoms with E-state index < -0.39 is 0 Å². The summed E-state index contributed by atoms with van der Waals surface area (Å²) in [6.07, 6.45) is 1.64. The lowest BCUT2D eigenvalue weighted by molar-refractivity contribution is 1.26. The van der Waals surface area contributed by atoms with E-state index in [-0.39, 0.29) is 0 Å². The van der Waals surface area contributed by atoms with Gasteiger partial charge in [0.1, 0.15) is 5.82 Å². The van der Waals surface area contributed by atoms with Gasteiger partial charge in [0.2, 0.25) is 0 Å². The van der Waals surface area contributed by atoms with Crippen molar-refractivity contribution in [3.8, 4) is 0 Å². The molecular formula is C13H13Br2N3. The third kappa shape index (κ3) is 2.84. The van der Waals surface area contributed by atoms with Crippen molar-refractivity contribution in [3.05, 3.63) is 44.5 Å². The number of aromatic nitrogens is 1. The molecule has 0 amide bonds. The second kappa shape index (κ2) is 5.28. The maximum Gasteiger partial charge on any atom is 0.144 e. The second-order valence-corrected chi connectivity index (χ2v) is 5.91. The summed E-state index contributed by atoms with van der Waals surface area (Å²) in [5.41, 5.74) is 9.70. The van der Waals surface area contributed by atoms with E-state index in [2.05, 4.69) is 68.1 Å². The first-order valence-corrected chi connectivity index (χ1v) is 7.01. The molecule has 0 aliphatic carbocycles. The summed E-state index contributed by atoms with van der Waals surface area (Å²) >= 11 is 6.94. The van der Waals surface area contributed by atoms with Crippen molar-refractivity contribution in [2.24, 2.45) is 0 Å². The molecule has 0 bridgehead atoms. The molecular weight excluding hydrogens is 358 g/mol. The Morgan fingerprint density at radius 3 is 2.28 bits per heavy atom. The highest BCUT2D eigenvalue weighted by Crippen LogP contribution is 2.30. The van der Waals surface area contributed by atoms with Gasteiger partial charge in [-0.15, -0.1) is 0 Å². The van der Waals surface area contributed by atoms with Crippen LogP contribution in [0.1, 0.15) is 11.1 Å². The molecule has 1 aromatic heterocycles. The van der Waals surface area contributed by atoms with Crippen LogP contribution in [0.3, 0.4) is 0 Å². The van der Waals surface area contributed by atoms with Crippen molar-refractivity contribution in [1.82, 2.24) is 4.98 Å². The molecule has 1 heterocycles. The van der Waals surface area contributed by atoms with Gasteiger partial charge in [0.25, 0.3) is 0 Å². The lowest BCUT2D eigenvalue weighted by Crippen LogP contribution is -2.00. The summed E-state index contributed by atoms with van der Waals surface area (Å²) in [7, 11) is 0. The third-order valence-corrected chi connectivity index (χ3v) is 3.67. The molecule has 0 fully saturated rings. The van der Waals surface area contributed by atoms with Crippen LogP contribution in [0.5, 0.6) is 0 Å². The minimum atomic E-state index is 0.636. The van der Waals surface area contributed by atoms with E-state index in [9.17, 15) is 0 Å². The number of pyridine rings is 1. The molecule has 0 aliphatic heterocycles. The minimum Gasteiger partial charge on any atom is -0.397 e. The minimum absolute atomic E-state index is 0.636. The molecule has 2 rings (SSSR count). The predicted molar refractivity (Wildman–Crippen MR) is 83.2 cm³/mol. The summed E-state index contributed by atoms with van der Waals surface area (Å²) < 4.78 is 1.93. The third-order valence-electron chi connectivity index (χ3n) is 2.60. The van der Waals surface area contributed by atoms with E-state index in [0.29, 0.717) is 5.69 Å². The largest absolute Gasteiger partial charge is 0.397 e. The normalized spacial score (nSPS) is 10.4. The van der Waals surface area contributed by atoms with Gasteiger partial charge in [-0.05, 0) is 59.1 Å². The zero-order valence-electron chi connectivity index (χ0n) is 10.1. The predicted octanol–water partition coefficient (Wildman–Crippen LogP) is 4.55. The van der Waals surface area contributed by atoms with Crippen molar-refractivity contribution in [2.75, 3.05) is 11.1 Å². The second-order valence-electron chi connectivity index (χ2n) is 4.14.